The number of hydrogen-bond acceptors (Lipinski definition) is 4. The van der Waals surface area contributed by atoms with E-state index in [0.717, 1.165) is 24.4 Å². The molecular formula is C15H20N4O. The Bertz CT molecular complexity index is 581. The number of nitrogens with one attached hydrogen (secondary N) is 1. The summed E-state index contributed by atoms with van der Waals surface area (Å²) < 4.78 is 7.84. The monoisotopic (exact) mass is 272 g/mol. The lowest BCUT2D eigenvalue weighted by Crippen LogP contribution is -2.39. The largest absolute Gasteiger partial charge is 0.493 e. The highest BCUT2D eigenvalue weighted by Crippen LogP contribution is 2.33. The molecule has 1 aromatic carbocycles. The third kappa shape index (κ3) is 2.30. The maximum atomic E-state index is 5.87. The standard InChI is InChI=1S/C15H20N4O/c1-2-19-13(7-8-17-19)15(18-16)12-9-11-5-3-4-6-14(11)20-10-12/h3-8,12,15,18H,2,9-10,16H2,1H3. The van der Waals surface area contributed by atoms with Crippen LogP contribution in [-0.2, 0) is 13.0 Å². The summed E-state index contributed by atoms with van der Waals surface area (Å²) in [5.74, 6) is 7.08. The van der Waals surface area contributed by atoms with Crippen LogP contribution in [0.2, 0.25) is 0 Å². The van der Waals surface area contributed by atoms with Gasteiger partial charge in [-0.1, -0.05) is 18.2 Å². The molecular weight excluding hydrogens is 252 g/mol. The number of aryl methyl sites for hydroxylation is 1. The van der Waals surface area contributed by atoms with Crippen molar-refractivity contribution in [2.45, 2.75) is 25.9 Å². The maximum absolute atomic E-state index is 5.87. The molecule has 0 spiro atoms. The average molecular weight is 272 g/mol. The van der Waals surface area contributed by atoms with Gasteiger partial charge in [0.25, 0.3) is 0 Å². The van der Waals surface area contributed by atoms with Crippen LogP contribution in [0.15, 0.2) is 36.5 Å². The highest BCUT2D eigenvalue weighted by atomic mass is 16.5. The Morgan fingerprint density at radius 2 is 2.30 bits per heavy atom. The predicted molar refractivity (Wildman–Crippen MR) is 77.1 cm³/mol. The second-order valence-electron chi connectivity index (χ2n) is 5.10. The SMILES string of the molecule is CCn1nccc1C(NN)C1COc2ccccc2C1. The fourth-order valence-electron chi connectivity index (χ4n) is 2.90. The van der Waals surface area contributed by atoms with Gasteiger partial charge in [0, 0.05) is 18.7 Å². The fraction of sp³-hybridized carbons (Fsp3) is 0.400. The maximum Gasteiger partial charge on any atom is 0.122 e. The molecule has 2 aromatic rings. The zero-order valence-electron chi connectivity index (χ0n) is 11.6. The van der Waals surface area contributed by atoms with Crippen molar-refractivity contribution in [1.82, 2.24) is 15.2 Å². The first kappa shape index (κ1) is 13.1. The smallest absolute Gasteiger partial charge is 0.122 e. The van der Waals surface area contributed by atoms with Crippen LogP contribution < -0.4 is 16.0 Å². The van der Waals surface area contributed by atoms with Crippen molar-refractivity contribution in [3.05, 3.63) is 47.8 Å². The number of para-hydroxylation sites is 1. The summed E-state index contributed by atoms with van der Waals surface area (Å²) in [5, 5.41) is 4.32. The van der Waals surface area contributed by atoms with Gasteiger partial charge >= 0.3 is 0 Å². The molecule has 20 heavy (non-hydrogen) atoms. The second kappa shape index (κ2) is 5.64. The number of nitrogens with zero attached hydrogens (tertiary/aromatic N) is 2. The summed E-state index contributed by atoms with van der Waals surface area (Å²) in [6.07, 6.45) is 2.78. The minimum Gasteiger partial charge on any atom is -0.493 e. The molecule has 0 saturated carbocycles. The molecule has 3 N–H and O–H groups in total. The van der Waals surface area contributed by atoms with Gasteiger partial charge in [-0.2, -0.15) is 5.10 Å². The summed E-state index contributed by atoms with van der Waals surface area (Å²) in [6, 6.07) is 10.3. The molecule has 2 atom stereocenters. The van der Waals surface area contributed by atoms with Crippen molar-refractivity contribution < 1.29 is 4.74 Å². The number of rotatable bonds is 4. The van der Waals surface area contributed by atoms with Crippen LogP contribution in [0.1, 0.15) is 24.2 Å². The van der Waals surface area contributed by atoms with E-state index in [1.807, 2.05) is 35.1 Å². The molecule has 3 rings (SSSR count). The Hall–Kier alpha value is -1.85. The number of hydrazine groups is 1. The minimum absolute atomic E-state index is 0.0470. The summed E-state index contributed by atoms with van der Waals surface area (Å²) in [5.41, 5.74) is 5.29. The van der Waals surface area contributed by atoms with Gasteiger partial charge in [-0.25, -0.2) is 0 Å². The van der Waals surface area contributed by atoms with Gasteiger partial charge in [-0.05, 0) is 31.0 Å². The van der Waals surface area contributed by atoms with Crippen LogP contribution in [0.25, 0.3) is 0 Å². The lowest BCUT2D eigenvalue weighted by Gasteiger charge is -2.31. The highest BCUT2D eigenvalue weighted by molar-refractivity contribution is 5.35. The summed E-state index contributed by atoms with van der Waals surface area (Å²) >= 11 is 0. The van der Waals surface area contributed by atoms with E-state index < -0.39 is 0 Å². The second-order valence-corrected chi connectivity index (χ2v) is 5.10. The van der Waals surface area contributed by atoms with E-state index in [1.165, 1.54) is 5.56 Å². The van der Waals surface area contributed by atoms with Gasteiger partial charge in [-0.15, -0.1) is 0 Å². The Morgan fingerprint density at radius 3 is 3.10 bits per heavy atom. The topological polar surface area (TPSA) is 65.1 Å². The van der Waals surface area contributed by atoms with Crippen LogP contribution in [0.3, 0.4) is 0 Å². The van der Waals surface area contributed by atoms with Crippen molar-refractivity contribution in [3.63, 3.8) is 0 Å². The normalized spacial score (nSPS) is 19.2. The Labute approximate surface area is 118 Å². The summed E-state index contributed by atoms with van der Waals surface area (Å²) in [7, 11) is 0. The van der Waals surface area contributed by atoms with E-state index >= 15 is 0 Å². The van der Waals surface area contributed by atoms with Crippen LogP contribution in [-0.4, -0.2) is 16.4 Å². The zero-order chi connectivity index (χ0) is 13.9. The van der Waals surface area contributed by atoms with E-state index in [-0.39, 0.29) is 6.04 Å². The fourth-order valence-corrected chi connectivity index (χ4v) is 2.90. The molecule has 1 aromatic heterocycles. The Balaban J connectivity index is 1.85. The van der Waals surface area contributed by atoms with Gasteiger partial charge in [-0.3, -0.25) is 16.0 Å². The molecule has 5 heteroatoms. The molecule has 0 fully saturated rings. The average Bonchev–Trinajstić information content (AvgIpc) is 2.96. The van der Waals surface area contributed by atoms with E-state index in [1.54, 1.807) is 0 Å². The van der Waals surface area contributed by atoms with E-state index in [9.17, 15) is 0 Å². The first-order valence-corrected chi connectivity index (χ1v) is 7.02. The number of hydrogen-bond donors (Lipinski definition) is 2. The Morgan fingerprint density at radius 1 is 1.45 bits per heavy atom. The summed E-state index contributed by atoms with van der Waals surface area (Å²) in [6.45, 7) is 3.59. The molecule has 0 saturated heterocycles. The van der Waals surface area contributed by atoms with Crippen molar-refractivity contribution in [1.29, 1.82) is 0 Å². The van der Waals surface area contributed by atoms with Crippen LogP contribution >= 0.6 is 0 Å². The van der Waals surface area contributed by atoms with Crippen molar-refractivity contribution in [2.24, 2.45) is 11.8 Å². The van der Waals surface area contributed by atoms with Gasteiger partial charge in [0.1, 0.15) is 5.75 Å². The molecule has 106 valence electrons. The third-order valence-electron chi connectivity index (χ3n) is 3.93. The first-order chi connectivity index (χ1) is 9.83. The van der Waals surface area contributed by atoms with E-state index in [2.05, 4.69) is 23.5 Å². The van der Waals surface area contributed by atoms with Crippen LogP contribution in [0, 0.1) is 5.92 Å². The van der Waals surface area contributed by atoms with Gasteiger partial charge in [0.15, 0.2) is 0 Å². The van der Waals surface area contributed by atoms with Gasteiger partial charge < -0.3 is 4.74 Å². The predicted octanol–water partition coefficient (Wildman–Crippen LogP) is 1.66. The van der Waals surface area contributed by atoms with Crippen LogP contribution in [0.5, 0.6) is 5.75 Å². The number of fused-ring (bicyclic) bond motifs is 1. The molecule has 0 bridgehead atoms. The molecule has 1 aliphatic rings. The Kier molecular flexibility index (Phi) is 3.71. The molecule has 5 nitrogen and oxygen atoms in total. The van der Waals surface area contributed by atoms with Crippen LogP contribution in [0.4, 0.5) is 0 Å². The van der Waals surface area contributed by atoms with Crippen molar-refractivity contribution in [2.75, 3.05) is 6.61 Å². The molecule has 1 aliphatic heterocycles. The van der Waals surface area contributed by atoms with E-state index in [4.69, 9.17) is 10.6 Å². The zero-order valence-corrected chi connectivity index (χ0v) is 11.6. The van der Waals surface area contributed by atoms with Crippen molar-refractivity contribution >= 4 is 0 Å². The molecule has 0 amide bonds. The third-order valence-corrected chi connectivity index (χ3v) is 3.93. The lowest BCUT2D eigenvalue weighted by atomic mass is 9.89. The molecule has 0 aliphatic carbocycles. The van der Waals surface area contributed by atoms with E-state index in [0.29, 0.717) is 12.5 Å². The first-order valence-electron chi connectivity index (χ1n) is 7.02. The molecule has 2 unspecified atom stereocenters. The number of benzene rings is 1. The number of aromatic nitrogens is 2. The number of ether oxygens (including phenoxy) is 1. The minimum atomic E-state index is 0.0470. The lowest BCUT2D eigenvalue weighted by molar-refractivity contribution is 0.180. The highest BCUT2D eigenvalue weighted by Gasteiger charge is 2.29. The quantitative estimate of drug-likeness (QED) is 0.656. The molecule has 2 heterocycles. The van der Waals surface area contributed by atoms with Gasteiger partial charge in [0.05, 0.1) is 18.3 Å². The molecule has 0 radical (unpaired) electrons. The number of nitrogens with two attached hydrogens (primary N) is 1. The van der Waals surface area contributed by atoms with Gasteiger partial charge in [0.2, 0.25) is 0 Å². The van der Waals surface area contributed by atoms with Crippen molar-refractivity contribution in [3.8, 4) is 5.75 Å². The summed E-state index contributed by atoms with van der Waals surface area (Å²) in [4.78, 5) is 0.